The van der Waals surface area contributed by atoms with Crippen LogP contribution in [0, 0.1) is 0 Å². The summed E-state index contributed by atoms with van der Waals surface area (Å²) in [6.45, 7) is 4.74. The summed E-state index contributed by atoms with van der Waals surface area (Å²) in [4.78, 5) is 3.64. The van der Waals surface area contributed by atoms with Crippen LogP contribution in [0.2, 0.25) is 0 Å². The van der Waals surface area contributed by atoms with Gasteiger partial charge in [-0.1, -0.05) is 30.3 Å². The molecule has 0 amide bonds. The number of thiophene rings is 1. The maximum absolute atomic E-state index is 6.28. The van der Waals surface area contributed by atoms with Crippen LogP contribution in [-0.4, -0.2) is 31.2 Å². The Labute approximate surface area is 124 Å². The molecule has 2 heterocycles. The second kappa shape index (κ2) is 6.50. The molecule has 1 aromatic carbocycles. The maximum atomic E-state index is 6.28. The zero-order valence-corrected chi connectivity index (χ0v) is 12.3. The van der Waals surface area contributed by atoms with E-state index in [4.69, 9.17) is 10.5 Å². The van der Waals surface area contributed by atoms with Gasteiger partial charge in [-0.25, -0.2) is 0 Å². The first-order chi connectivity index (χ1) is 9.83. The molecular weight excluding hydrogens is 268 g/mol. The van der Waals surface area contributed by atoms with Gasteiger partial charge in [-0.15, -0.1) is 11.3 Å². The summed E-state index contributed by atoms with van der Waals surface area (Å²) in [5.74, 6) is 0. The number of hydrogen-bond acceptors (Lipinski definition) is 4. The van der Waals surface area contributed by atoms with Gasteiger partial charge in [0, 0.05) is 24.5 Å². The highest BCUT2D eigenvalue weighted by molar-refractivity contribution is 7.10. The van der Waals surface area contributed by atoms with E-state index < -0.39 is 0 Å². The molecule has 0 aliphatic carbocycles. The largest absolute Gasteiger partial charge is 0.379 e. The Kier molecular flexibility index (Phi) is 4.47. The molecule has 1 saturated heterocycles. The predicted molar refractivity (Wildman–Crippen MR) is 82.9 cm³/mol. The molecule has 0 bridgehead atoms. The molecule has 1 aromatic heterocycles. The van der Waals surface area contributed by atoms with Crippen LogP contribution in [0.5, 0.6) is 0 Å². The Balaban J connectivity index is 1.65. The summed E-state index contributed by atoms with van der Waals surface area (Å²) < 4.78 is 5.37. The Bertz CT molecular complexity index is 518. The first kappa shape index (κ1) is 13.8. The Morgan fingerprint density at radius 2 is 1.90 bits per heavy atom. The van der Waals surface area contributed by atoms with Gasteiger partial charge in [0.1, 0.15) is 0 Å². The number of ether oxygens (including phenoxy) is 1. The Morgan fingerprint density at radius 3 is 2.55 bits per heavy atom. The number of benzene rings is 1. The molecule has 2 aromatic rings. The summed E-state index contributed by atoms with van der Waals surface area (Å²) in [5.41, 5.74) is 8.80. The molecule has 0 spiro atoms. The lowest BCUT2D eigenvalue weighted by atomic mass is 10.0. The molecule has 0 radical (unpaired) electrons. The van der Waals surface area contributed by atoms with E-state index in [1.807, 2.05) is 6.07 Å². The first-order valence-electron chi connectivity index (χ1n) is 7.01. The van der Waals surface area contributed by atoms with E-state index in [-0.39, 0.29) is 6.04 Å². The zero-order valence-electron chi connectivity index (χ0n) is 11.5. The molecule has 3 nitrogen and oxygen atoms in total. The van der Waals surface area contributed by atoms with Crippen LogP contribution in [0.15, 0.2) is 41.8 Å². The molecule has 2 N–H and O–H groups in total. The molecule has 20 heavy (non-hydrogen) atoms. The third kappa shape index (κ3) is 3.27. The lowest BCUT2D eigenvalue weighted by Gasteiger charge is -2.26. The van der Waals surface area contributed by atoms with E-state index in [2.05, 4.69) is 40.6 Å². The van der Waals surface area contributed by atoms with Gasteiger partial charge in [0.25, 0.3) is 0 Å². The van der Waals surface area contributed by atoms with Gasteiger partial charge in [0.15, 0.2) is 0 Å². The molecule has 0 saturated carbocycles. The fourth-order valence-corrected chi connectivity index (χ4v) is 3.23. The SMILES string of the molecule is NC(c1ccc(CN2CCOCC2)cc1)c1cccs1. The van der Waals surface area contributed by atoms with Gasteiger partial charge in [0.05, 0.1) is 19.3 Å². The van der Waals surface area contributed by atoms with E-state index in [0.717, 1.165) is 32.8 Å². The lowest BCUT2D eigenvalue weighted by Crippen LogP contribution is -2.35. The Hall–Kier alpha value is -1.20. The fourth-order valence-electron chi connectivity index (χ4n) is 2.48. The average Bonchev–Trinajstić information content (AvgIpc) is 3.03. The summed E-state index contributed by atoms with van der Waals surface area (Å²) >= 11 is 1.71. The molecule has 106 valence electrons. The van der Waals surface area contributed by atoms with Crippen LogP contribution < -0.4 is 5.73 Å². The minimum Gasteiger partial charge on any atom is -0.379 e. The van der Waals surface area contributed by atoms with Gasteiger partial charge in [-0.3, -0.25) is 4.90 Å². The van der Waals surface area contributed by atoms with Crippen molar-refractivity contribution in [2.75, 3.05) is 26.3 Å². The molecule has 1 atom stereocenters. The summed E-state index contributed by atoms with van der Waals surface area (Å²) in [5, 5.41) is 2.07. The second-order valence-electron chi connectivity index (χ2n) is 5.12. The highest BCUT2D eigenvalue weighted by Gasteiger charge is 2.12. The quantitative estimate of drug-likeness (QED) is 0.940. The number of rotatable bonds is 4. The van der Waals surface area contributed by atoms with Crippen LogP contribution in [0.3, 0.4) is 0 Å². The van der Waals surface area contributed by atoms with E-state index in [0.29, 0.717) is 0 Å². The predicted octanol–water partition coefficient (Wildman–Crippen LogP) is 2.63. The van der Waals surface area contributed by atoms with E-state index >= 15 is 0 Å². The standard InChI is InChI=1S/C16H20N2OS/c17-16(15-2-1-11-20-15)14-5-3-13(4-6-14)12-18-7-9-19-10-8-18/h1-6,11,16H,7-10,12,17H2. The number of hydrogen-bond donors (Lipinski definition) is 1. The molecular formula is C16H20N2OS. The van der Waals surface area contributed by atoms with Crippen molar-refractivity contribution in [1.82, 2.24) is 4.90 Å². The minimum atomic E-state index is -0.00700. The second-order valence-corrected chi connectivity index (χ2v) is 6.10. The molecule has 1 fully saturated rings. The summed E-state index contributed by atoms with van der Waals surface area (Å²) in [6, 6.07) is 12.8. The molecule has 1 unspecified atom stereocenters. The molecule has 1 aliphatic rings. The van der Waals surface area contributed by atoms with Gasteiger partial charge in [0.2, 0.25) is 0 Å². The highest BCUT2D eigenvalue weighted by Crippen LogP contribution is 2.24. The fraction of sp³-hybridized carbons (Fsp3) is 0.375. The van der Waals surface area contributed by atoms with Crippen molar-refractivity contribution in [3.8, 4) is 0 Å². The van der Waals surface area contributed by atoms with Crippen molar-refractivity contribution in [3.05, 3.63) is 57.8 Å². The van der Waals surface area contributed by atoms with Crippen molar-refractivity contribution in [1.29, 1.82) is 0 Å². The maximum Gasteiger partial charge on any atom is 0.0645 e. The van der Waals surface area contributed by atoms with Crippen LogP contribution in [0.1, 0.15) is 22.0 Å². The van der Waals surface area contributed by atoms with Gasteiger partial charge < -0.3 is 10.5 Å². The average molecular weight is 288 g/mol. The van der Waals surface area contributed by atoms with Crippen molar-refractivity contribution in [2.45, 2.75) is 12.6 Å². The van der Waals surface area contributed by atoms with Gasteiger partial charge >= 0.3 is 0 Å². The topological polar surface area (TPSA) is 38.5 Å². The van der Waals surface area contributed by atoms with Crippen LogP contribution in [0.25, 0.3) is 0 Å². The van der Waals surface area contributed by atoms with Crippen molar-refractivity contribution < 1.29 is 4.74 Å². The van der Waals surface area contributed by atoms with Crippen molar-refractivity contribution in [3.63, 3.8) is 0 Å². The first-order valence-corrected chi connectivity index (χ1v) is 7.89. The van der Waals surface area contributed by atoms with Crippen molar-refractivity contribution in [2.24, 2.45) is 5.73 Å². The number of morpholine rings is 1. The van der Waals surface area contributed by atoms with Gasteiger partial charge in [-0.2, -0.15) is 0 Å². The smallest absolute Gasteiger partial charge is 0.0645 e. The minimum absolute atomic E-state index is 0.00700. The van der Waals surface area contributed by atoms with E-state index in [1.54, 1.807) is 11.3 Å². The summed E-state index contributed by atoms with van der Waals surface area (Å²) in [6.07, 6.45) is 0. The van der Waals surface area contributed by atoms with E-state index in [9.17, 15) is 0 Å². The van der Waals surface area contributed by atoms with Crippen LogP contribution in [-0.2, 0) is 11.3 Å². The monoisotopic (exact) mass is 288 g/mol. The third-order valence-corrected chi connectivity index (χ3v) is 4.65. The highest BCUT2D eigenvalue weighted by atomic mass is 32.1. The lowest BCUT2D eigenvalue weighted by molar-refractivity contribution is 0.0342. The normalized spacial score (nSPS) is 18.1. The molecule has 4 heteroatoms. The molecule has 3 rings (SSSR count). The van der Waals surface area contributed by atoms with Crippen LogP contribution >= 0.6 is 11.3 Å². The number of nitrogens with zero attached hydrogens (tertiary/aromatic N) is 1. The third-order valence-electron chi connectivity index (χ3n) is 3.70. The van der Waals surface area contributed by atoms with Crippen LogP contribution in [0.4, 0.5) is 0 Å². The molecule has 1 aliphatic heterocycles. The van der Waals surface area contributed by atoms with E-state index in [1.165, 1.54) is 16.0 Å². The van der Waals surface area contributed by atoms with Gasteiger partial charge in [-0.05, 0) is 22.6 Å². The zero-order chi connectivity index (χ0) is 13.8. The number of nitrogens with two attached hydrogens (primary N) is 1. The van der Waals surface area contributed by atoms with Crippen molar-refractivity contribution >= 4 is 11.3 Å². The Morgan fingerprint density at radius 1 is 1.15 bits per heavy atom. The summed E-state index contributed by atoms with van der Waals surface area (Å²) in [7, 11) is 0.